The number of rotatable bonds is 3. The van der Waals surface area contributed by atoms with E-state index in [1.165, 1.54) is 4.57 Å². The van der Waals surface area contributed by atoms with Crippen LogP contribution < -0.4 is 11.2 Å². The summed E-state index contributed by atoms with van der Waals surface area (Å²) in [4.78, 5) is 24.7. The van der Waals surface area contributed by atoms with Crippen molar-refractivity contribution in [3.05, 3.63) is 26.4 Å². The Balaban J connectivity index is 3.44. The second-order valence-corrected chi connectivity index (χ2v) is 3.07. The third-order valence-electron chi connectivity index (χ3n) is 2.07. The maximum atomic E-state index is 11.3. The van der Waals surface area contributed by atoms with E-state index >= 15 is 0 Å². The first-order chi connectivity index (χ1) is 6.61. The lowest BCUT2D eigenvalue weighted by atomic mass is 10.2. The van der Waals surface area contributed by atoms with Crippen LogP contribution in [-0.2, 0) is 13.0 Å². The number of hydrogen-bond donors (Lipinski definition) is 2. The lowest BCUT2D eigenvalue weighted by Gasteiger charge is -2.08. The highest BCUT2D eigenvalue weighted by Crippen LogP contribution is 2.10. The molecular formula is C9H14N2O3. The number of aromatic amines is 1. The maximum Gasteiger partial charge on any atom is 0.331 e. The summed E-state index contributed by atoms with van der Waals surface area (Å²) < 4.78 is 1.18. The zero-order valence-electron chi connectivity index (χ0n) is 8.33. The lowest BCUT2D eigenvalue weighted by Crippen LogP contribution is -2.32. The highest BCUT2D eigenvalue weighted by atomic mass is 16.3. The van der Waals surface area contributed by atoms with Crippen LogP contribution in [0.25, 0.3) is 0 Å². The molecule has 0 aliphatic heterocycles. The largest absolute Gasteiger partial charge is 0.494 e. The highest BCUT2D eigenvalue weighted by molar-refractivity contribution is 5.22. The van der Waals surface area contributed by atoms with Gasteiger partial charge in [0.15, 0.2) is 0 Å². The van der Waals surface area contributed by atoms with Crippen LogP contribution in [0.1, 0.15) is 25.8 Å². The van der Waals surface area contributed by atoms with Crippen molar-refractivity contribution >= 4 is 0 Å². The van der Waals surface area contributed by atoms with Crippen LogP contribution in [0, 0.1) is 0 Å². The summed E-state index contributed by atoms with van der Waals surface area (Å²) in [7, 11) is 0. The summed E-state index contributed by atoms with van der Waals surface area (Å²) in [5, 5.41) is 9.62. The molecule has 0 bridgehead atoms. The van der Waals surface area contributed by atoms with Crippen LogP contribution in [0.2, 0.25) is 0 Å². The second kappa shape index (κ2) is 4.13. The van der Waals surface area contributed by atoms with Gasteiger partial charge >= 0.3 is 5.69 Å². The molecule has 1 heterocycles. The quantitative estimate of drug-likeness (QED) is 0.729. The molecule has 5 nitrogen and oxygen atoms in total. The van der Waals surface area contributed by atoms with Crippen LogP contribution in [-0.4, -0.2) is 14.7 Å². The van der Waals surface area contributed by atoms with Crippen LogP contribution in [0.3, 0.4) is 0 Å². The molecule has 0 saturated heterocycles. The van der Waals surface area contributed by atoms with Gasteiger partial charge in [0, 0.05) is 6.54 Å². The first-order valence-electron chi connectivity index (χ1n) is 4.66. The van der Waals surface area contributed by atoms with E-state index in [1.807, 2.05) is 6.92 Å². The van der Waals surface area contributed by atoms with E-state index < -0.39 is 11.2 Å². The van der Waals surface area contributed by atoms with Crippen molar-refractivity contribution < 1.29 is 5.11 Å². The van der Waals surface area contributed by atoms with Gasteiger partial charge < -0.3 is 5.11 Å². The Kier molecular flexibility index (Phi) is 3.11. The summed E-state index contributed by atoms with van der Waals surface area (Å²) >= 11 is 0. The van der Waals surface area contributed by atoms with Gasteiger partial charge in [-0.05, 0) is 12.8 Å². The SMILES string of the molecule is CCCn1c(O)c(CC)c(=O)[nH]c1=O. The molecule has 1 aromatic heterocycles. The highest BCUT2D eigenvalue weighted by Gasteiger charge is 2.10. The minimum absolute atomic E-state index is 0.205. The summed E-state index contributed by atoms with van der Waals surface area (Å²) in [6.45, 7) is 4.06. The zero-order valence-corrected chi connectivity index (χ0v) is 8.33. The molecule has 0 unspecified atom stereocenters. The average Bonchev–Trinajstić information content (AvgIpc) is 2.12. The first-order valence-corrected chi connectivity index (χ1v) is 4.66. The van der Waals surface area contributed by atoms with Crippen molar-refractivity contribution in [1.82, 2.24) is 9.55 Å². The Morgan fingerprint density at radius 2 is 2.00 bits per heavy atom. The molecule has 0 saturated carbocycles. The van der Waals surface area contributed by atoms with E-state index in [9.17, 15) is 14.7 Å². The molecule has 0 aliphatic carbocycles. The molecule has 78 valence electrons. The van der Waals surface area contributed by atoms with Crippen LogP contribution >= 0.6 is 0 Å². The van der Waals surface area contributed by atoms with Gasteiger partial charge in [0.1, 0.15) is 0 Å². The molecule has 0 aliphatic rings. The summed E-state index contributed by atoms with van der Waals surface area (Å²) in [5.74, 6) is -0.205. The van der Waals surface area contributed by atoms with Crippen molar-refractivity contribution in [3.63, 3.8) is 0 Å². The predicted molar refractivity (Wildman–Crippen MR) is 52.7 cm³/mol. The van der Waals surface area contributed by atoms with Gasteiger partial charge in [-0.15, -0.1) is 0 Å². The average molecular weight is 198 g/mol. The zero-order chi connectivity index (χ0) is 10.7. The molecule has 0 amide bonds. The van der Waals surface area contributed by atoms with Gasteiger partial charge in [-0.25, -0.2) is 4.79 Å². The Hall–Kier alpha value is -1.52. The van der Waals surface area contributed by atoms with Crippen LogP contribution in [0.5, 0.6) is 5.88 Å². The fourth-order valence-corrected chi connectivity index (χ4v) is 1.35. The summed E-state index contributed by atoms with van der Waals surface area (Å²) in [6, 6.07) is 0. The van der Waals surface area contributed by atoms with E-state index in [4.69, 9.17) is 0 Å². The van der Waals surface area contributed by atoms with E-state index in [0.29, 0.717) is 13.0 Å². The van der Waals surface area contributed by atoms with Gasteiger partial charge in [0.2, 0.25) is 5.88 Å². The molecule has 0 atom stereocenters. The van der Waals surface area contributed by atoms with Gasteiger partial charge in [0.05, 0.1) is 5.56 Å². The second-order valence-electron chi connectivity index (χ2n) is 3.07. The molecule has 0 radical (unpaired) electrons. The van der Waals surface area contributed by atoms with Crippen molar-refractivity contribution in [2.45, 2.75) is 33.2 Å². The number of aromatic hydroxyl groups is 1. The minimum atomic E-state index is -0.549. The fourth-order valence-electron chi connectivity index (χ4n) is 1.35. The molecule has 5 heteroatoms. The molecule has 1 aromatic rings. The summed E-state index contributed by atoms with van der Waals surface area (Å²) in [6.07, 6.45) is 1.13. The number of aromatic nitrogens is 2. The Morgan fingerprint density at radius 1 is 1.36 bits per heavy atom. The topological polar surface area (TPSA) is 75.1 Å². The Labute approximate surface area is 81.0 Å². The molecule has 1 rings (SSSR count). The van der Waals surface area contributed by atoms with Gasteiger partial charge in [0.25, 0.3) is 5.56 Å². The molecule has 0 aromatic carbocycles. The smallest absolute Gasteiger partial charge is 0.331 e. The monoisotopic (exact) mass is 198 g/mol. The van der Waals surface area contributed by atoms with Gasteiger partial charge in [-0.2, -0.15) is 0 Å². The van der Waals surface area contributed by atoms with Crippen molar-refractivity contribution in [2.24, 2.45) is 0 Å². The number of nitrogens with one attached hydrogen (secondary N) is 1. The van der Waals surface area contributed by atoms with Crippen molar-refractivity contribution in [1.29, 1.82) is 0 Å². The Bertz CT molecular complexity index is 431. The molecule has 0 spiro atoms. The third kappa shape index (κ3) is 1.71. The van der Waals surface area contributed by atoms with E-state index in [1.54, 1.807) is 6.92 Å². The summed E-state index contributed by atoms with van der Waals surface area (Å²) in [5.41, 5.74) is -0.785. The normalized spacial score (nSPS) is 10.4. The standard InChI is InChI=1S/C9H14N2O3/c1-3-5-11-8(13)6(4-2)7(12)10-9(11)14/h13H,3-5H2,1-2H3,(H,10,12,14). The maximum absolute atomic E-state index is 11.3. The van der Waals surface area contributed by atoms with E-state index in [0.717, 1.165) is 6.42 Å². The molecule has 2 N–H and O–H groups in total. The minimum Gasteiger partial charge on any atom is -0.494 e. The van der Waals surface area contributed by atoms with Gasteiger partial charge in [-0.3, -0.25) is 14.3 Å². The number of hydrogen-bond acceptors (Lipinski definition) is 3. The predicted octanol–water partition coefficient (Wildman–Crippen LogP) is 0.215. The fraction of sp³-hybridized carbons (Fsp3) is 0.556. The third-order valence-corrected chi connectivity index (χ3v) is 2.07. The molecule has 14 heavy (non-hydrogen) atoms. The van der Waals surface area contributed by atoms with Crippen LogP contribution in [0.4, 0.5) is 0 Å². The number of H-pyrrole nitrogens is 1. The van der Waals surface area contributed by atoms with Crippen molar-refractivity contribution in [2.75, 3.05) is 0 Å². The lowest BCUT2D eigenvalue weighted by molar-refractivity contribution is 0.392. The molecule has 0 fully saturated rings. The van der Waals surface area contributed by atoms with E-state index in [2.05, 4.69) is 4.98 Å². The van der Waals surface area contributed by atoms with Crippen LogP contribution in [0.15, 0.2) is 9.59 Å². The first kappa shape index (κ1) is 10.6. The number of nitrogens with zero attached hydrogens (tertiary/aromatic N) is 1. The van der Waals surface area contributed by atoms with Crippen molar-refractivity contribution in [3.8, 4) is 5.88 Å². The van der Waals surface area contributed by atoms with E-state index in [-0.39, 0.29) is 11.4 Å². The Morgan fingerprint density at radius 3 is 2.50 bits per heavy atom. The molecular weight excluding hydrogens is 184 g/mol. The van der Waals surface area contributed by atoms with Gasteiger partial charge in [-0.1, -0.05) is 13.8 Å².